The van der Waals surface area contributed by atoms with Crippen LogP contribution in [0.5, 0.6) is 5.75 Å². The summed E-state index contributed by atoms with van der Waals surface area (Å²) in [6.07, 6.45) is -3.58. The number of alkyl halides is 3. The van der Waals surface area contributed by atoms with E-state index in [1.807, 2.05) is 13.8 Å². The zero-order chi connectivity index (χ0) is 21.7. The number of fused-ring (bicyclic) bond motifs is 2. The molecule has 10 heteroatoms. The first-order chi connectivity index (χ1) is 13.3. The van der Waals surface area contributed by atoms with Gasteiger partial charge in [-0.2, -0.15) is 21.6 Å². The molecule has 6 nitrogen and oxygen atoms in total. The highest BCUT2D eigenvalue weighted by molar-refractivity contribution is 7.86. The second-order valence-electron chi connectivity index (χ2n) is 8.11. The van der Waals surface area contributed by atoms with Gasteiger partial charge in [-0.15, -0.1) is 0 Å². The van der Waals surface area contributed by atoms with Crippen LogP contribution in [-0.2, 0) is 19.2 Å². The van der Waals surface area contributed by atoms with Crippen LogP contribution in [0, 0.1) is 16.7 Å². The van der Waals surface area contributed by atoms with E-state index in [4.69, 9.17) is 4.74 Å². The summed E-state index contributed by atoms with van der Waals surface area (Å²) >= 11 is 0. The third kappa shape index (κ3) is 3.74. The van der Waals surface area contributed by atoms with Crippen molar-refractivity contribution < 1.29 is 35.4 Å². The van der Waals surface area contributed by atoms with Crippen molar-refractivity contribution in [2.75, 3.05) is 12.9 Å². The van der Waals surface area contributed by atoms with Gasteiger partial charge in [0, 0.05) is 12.0 Å². The van der Waals surface area contributed by atoms with Gasteiger partial charge in [-0.1, -0.05) is 19.0 Å². The molecular weight excluding hydrogens is 411 g/mol. The Morgan fingerprint density at radius 2 is 1.86 bits per heavy atom. The van der Waals surface area contributed by atoms with E-state index < -0.39 is 38.6 Å². The molecule has 0 aliphatic heterocycles. The molecule has 2 bridgehead atoms. The largest absolute Gasteiger partial charge is 0.497 e. The van der Waals surface area contributed by atoms with Crippen molar-refractivity contribution in [1.82, 2.24) is 0 Å². The molecule has 2 aliphatic rings. The Morgan fingerprint density at radius 1 is 1.24 bits per heavy atom. The molecule has 0 saturated heterocycles. The van der Waals surface area contributed by atoms with Crippen molar-refractivity contribution in [3.63, 3.8) is 0 Å². The van der Waals surface area contributed by atoms with Gasteiger partial charge in [0.2, 0.25) is 0 Å². The lowest BCUT2D eigenvalue weighted by atomic mass is 9.70. The number of hydrogen-bond acceptors (Lipinski definition) is 6. The normalized spacial score (nSPS) is 26.6. The highest BCUT2D eigenvalue weighted by Gasteiger charge is 2.65. The number of nitrogens with zero attached hydrogens (tertiary/aromatic N) is 1. The minimum atomic E-state index is -4.94. The number of rotatable bonds is 6. The fraction of sp³-hybridized carbons (Fsp3) is 0.579. The van der Waals surface area contributed by atoms with Crippen LogP contribution < -0.4 is 4.74 Å². The first-order valence-corrected chi connectivity index (χ1v) is 10.6. The van der Waals surface area contributed by atoms with Gasteiger partial charge in [-0.3, -0.25) is 9.08 Å². The minimum Gasteiger partial charge on any atom is -0.497 e. The van der Waals surface area contributed by atoms with Crippen LogP contribution in [-0.4, -0.2) is 39.0 Å². The standard InChI is InChI=1S/C19H22F3NO5S/c1-17(2)13-8-9-18(17,15(24)10-13)11-29(25,26)28-23-16(19(20,21)22)12-4-6-14(27-3)7-5-12/h4-7,13H,8-11H2,1-3H3/b23-16-. The van der Waals surface area contributed by atoms with E-state index in [-0.39, 0.29) is 23.7 Å². The molecule has 2 aliphatic carbocycles. The number of carbonyl (C=O) groups excluding carboxylic acids is 1. The Hall–Kier alpha value is -2.10. The van der Waals surface area contributed by atoms with E-state index in [9.17, 15) is 26.4 Å². The van der Waals surface area contributed by atoms with Crippen LogP contribution in [0.15, 0.2) is 29.4 Å². The van der Waals surface area contributed by atoms with E-state index >= 15 is 0 Å². The maximum atomic E-state index is 13.4. The van der Waals surface area contributed by atoms with E-state index in [0.717, 1.165) is 12.1 Å². The number of halogens is 3. The van der Waals surface area contributed by atoms with Gasteiger partial charge in [-0.25, -0.2) is 0 Å². The zero-order valence-electron chi connectivity index (χ0n) is 16.2. The van der Waals surface area contributed by atoms with E-state index in [1.165, 1.54) is 19.2 Å². The van der Waals surface area contributed by atoms with Crippen molar-refractivity contribution in [3.8, 4) is 5.75 Å². The molecule has 29 heavy (non-hydrogen) atoms. The summed E-state index contributed by atoms with van der Waals surface area (Å²) in [6, 6.07) is 4.79. The van der Waals surface area contributed by atoms with Crippen molar-refractivity contribution in [3.05, 3.63) is 29.8 Å². The first-order valence-electron chi connectivity index (χ1n) is 9.07. The smallest absolute Gasteiger partial charge is 0.437 e. The Kier molecular flexibility index (Phi) is 5.21. The third-order valence-electron chi connectivity index (χ3n) is 6.44. The number of hydrogen-bond donors (Lipinski definition) is 0. The number of benzene rings is 1. The Labute approximate surface area is 167 Å². The Morgan fingerprint density at radius 3 is 2.31 bits per heavy atom. The van der Waals surface area contributed by atoms with Crippen LogP contribution in [0.3, 0.4) is 0 Å². The van der Waals surface area contributed by atoms with Crippen LogP contribution in [0.4, 0.5) is 13.2 Å². The highest BCUT2D eigenvalue weighted by atomic mass is 32.2. The maximum Gasteiger partial charge on any atom is 0.437 e. The summed E-state index contributed by atoms with van der Waals surface area (Å²) in [4.78, 5) is 12.5. The number of ketones is 1. The van der Waals surface area contributed by atoms with Crippen LogP contribution in [0.2, 0.25) is 0 Å². The number of Topliss-reactive ketones (excluding diaryl/α,β-unsaturated/α-hetero) is 1. The summed E-state index contributed by atoms with van der Waals surface area (Å²) < 4.78 is 74.6. The number of carbonyl (C=O) groups is 1. The molecule has 2 atom stereocenters. The molecule has 2 fully saturated rings. The molecule has 0 N–H and O–H groups in total. The van der Waals surface area contributed by atoms with Gasteiger partial charge in [-0.05, 0) is 48.4 Å². The topological polar surface area (TPSA) is 82.0 Å². The van der Waals surface area contributed by atoms with E-state index in [0.29, 0.717) is 18.6 Å². The third-order valence-corrected chi connectivity index (χ3v) is 7.58. The summed E-state index contributed by atoms with van der Waals surface area (Å²) in [5.74, 6) is -0.458. The number of ether oxygens (including phenoxy) is 1. The van der Waals surface area contributed by atoms with Gasteiger partial charge in [0.1, 0.15) is 17.3 Å². The lowest BCUT2D eigenvalue weighted by molar-refractivity contribution is -0.128. The highest BCUT2D eigenvalue weighted by Crippen LogP contribution is 2.64. The summed E-state index contributed by atoms with van der Waals surface area (Å²) in [6.45, 7) is 3.65. The van der Waals surface area contributed by atoms with E-state index in [2.05, 4.69) is 9.44 Å². The Balaban J connectivity index is 1.87. The zero-order valence-corrected chi connectivity index (χ0v) is 17.1. The van der Waals surface area contributed by atoms with Crippen molar-refractivity contribution in [1.29, 1.82) is 0 Å². The maximum absolute atomic E-state index is 13.4. The molecule has 0 aromatic heterocycles. The number of oxime groups is 1. The summed E-state index contributed by atoms with van der Waals surface area (Å²) in [5.41, 5.74) is -3.56. The molecule has 2 unspecified atom stereocenters. The van der Waals surface area contributed by atoms with Gasteiger partial charge >= 0.3 is 16.3 Å². The number of methoxy groups -OCH3 is 1. The van der Waals surface area contributed by atoms with Gasteiger partial charge in [0.25, 0.3) is 0 Å². The quantitative estimate of drug-likeness (QED) is 0.505. The lowest BCUT2D eigenvalue weighted by Gasteiger charge is -2.35. The fourth-order valence-corrected chi connectivity index (χ4v) is 6.07. The monoisotopic (exact) mass is 433 g/mol. The molecule has 160 valence electrons. The molecule has 0 spiro atoms. The Bertz CT molecular complexity index is 938. The molecule has 0 amide bonds. The van der Waals surface area contributed by atoms with Crippen molar-refractivity contribution in [2.24, 2.45) is 21.9 Å². The van der Waals surface area contributed by atoms with Crippen LogP contribution in [0.25, 0.3) is 0 Å². The first kappa shape index (κ1) is 21.6. The second kappa shape index (κ2) is 7.00. The molecule has 0 heterocycles. The molecular formula is C19H22F3NO5S. The second-order valence-corrected chi connectivity index (χ2v) is 9.66. The van der Waals surface area contributed by atoms with E-state index in [1.54, 1.807) is 0 Å². The predicted molar refractivity (Wildman–Crippen MR) is 99.0 cm³/mol. The van der Waals surface area contributed by atoms with Crippen LogP contribution in [0.1, 0.15) is 38.7 Å². The van der Waals surface area contributed by atoms with Crippen molar-refractivity contribution in [2.45, 2.75) is 39.3 Å². The van der Waals surface area contributed by atoms with Gasteiger partial charge < -0.3 is 4.74 Å². The fourth-order valence-electron chi connectivity index (χ4n) is 4.55. The molecule has 1 aromatic carbocycles. The van der Waals surface area contributed by atoms with Gasteiger partial charge in [0.05, 0.1) is 12.5 Å². The minimum absolute atomic E-state index is 0.0683. The SMILES string of the molecule is COc1ccc(/C(=N/OS(=O)(=O)CC23CCC(CC2=O)C3(C)C)C(F)(F)F)cc1. The summed E-state index contributed by atoms with van der Waals surface area (Å²) in [7, 11) is -3.16. The molecule has 0 radical (unpaired) electrons. The molecule has 3 rings (SSSR count). The predicted octanol–water partition coefficient (Wildman–Crippen LogP) is 3.70. The summed E-state index contributed by atoms with van der Waals surface area (Å²) in [5, 5.41) is 2.94. The van der Waals surface area contributed by atoms with Crippen LogP contribution >= 0.6 is 0 Å². The average molecular weight is 433 g/mol. The van der Waals surface area contributed by atoms with Crippen molar-refractivity contribution >= 4 is 21.6 Å². The molecule has 1 aromatic rings. The lowest BCUT2D eigenvalue weighted by Crippen LogP contribution is -2.42. The molecule has 2 saturated carbocycles. The average Bonchev–Trinajstić information content (AvgIpc) is 2.95. The van der Waals surface area contributed by atoms with Gasteiger partial charge in [0.15, 0.2) is 5.71 Å².